The number of halogens is 2. The van der Waals surface area contributed by atoms with Crippen molar-refractivity contribution in [1.29, 1.82) is 0 Å². The summed E-state index contributed by atoms with van der Waals surface area (Å²) in [6, 6.07) is 12.9. The molecule has 0 bridgehead atoms. The number of hydrogen-bond donors (Lipinski definition) is 1. The van der Waals surface area contributed by atoms with E-state index in [9.17, 15) is 0 Å². The third kappa shape index (κ3) is 4.23. The van der Waals surface area contributed by atoms with E-state index < -0.39 is 0 Å². The molecule has 1 aromatic heterocycles. The second kappa shape index (κ2) is 7.92. The zero-order valence-electron chi connectivity index (χ0n) is 12.9. The summed E-state index contributed by atoms with van der Waals surface area (Å²) in [5, 5.41) is 9.04. The van der Waals surface area contributed by atoms with Gasteiger partial charge in [-0.25, -0.2) is 4.98 Å². The summed E-state index contributed by atoms with van der Waals surface area (Å²) in [7, 11) is 0. The van der Waals surface area contributed by atoms with Crippen molar-refractivity contribution in [1.82, 2.24) is 15.2 Å². The molecule has 7 heteroatoms. The maximum atomic E-state index is 6.18. The van der Waals surface area contributed by atoms with Gasteiger partial charge in [-0.1, -0.05) is 60.1 Å². The average Bonchev–Trinajstić information content (AvgIpc) is 3.00. The average molecular weight is 380 g/mol. The highest BCUT2D eigenvalue weighted by Gasteiger charge is 2.12. The second-order valence-electron chi connectivity index (χ2n) is 4.96. The van der Waals surface area contributed by atoms with Crippen LogP contribution in [0.2, 0.25) is 10.0 Å². The van der Waals surface area contributed by atoms with Crippen LogP contribution < -0.4 is 4.74 Å². The molecular formula is C17H15Cl2N3OS. The molecule has 0 saturated heterocycles. The first-order valence-corrected chi connectivity index (χ1v) is 9.14. The number of ether oxygens (including phenoxy) is 1. The maximum absolute atomic E-state index is 6.18. The maximum Gasteiger partial charge on any atom is 0.208 e. The SMILES string of the molecule is CCSc1n[nH]c(Cc2ccc(Cl)cc2Oc2ccccc2Cl)n1. The molecule has 0 saturated carbocycles. The quantitative estimate of drug-likeness (QED) is 0.565. The monoisotopic (exact) mass is 379 g/mol. The molecule has 2 aromatic carbocycles. The summed E-state index contributed by atoms with van der Waals surface area (Å²) in [6.45, 7) is 2.06. The van der Waals surface area contributed by atoms with Gasteiger partial charge in [-0.3, -0.25) is 5.10 Å². The lowest BCUT2D eigenvalue weighted by atomic mass is 10.1. The molecule has 0 aliphatic rings. The van der Waals surface area contributed by atoms with Gasteiger partial charge < -0.3 is 4.74 Å². The van der Waals surface area contributed by atoms with Crippen LogP contribution in [0.5, 0.6) is 11.5 Å². The van der Waals surface area contributed by atoms with E-state index in [1.54, 1.807) is 23.9 Å². The van der Waals surface area contributed by atoms with E-state index in [4.69, 9.17) is 27.9 Å². The molecule has 0 amide bonds. The Labute approximate surface area is 154 Å². The fraction of sp³-hybridized carbons (Fsp3) is 0.176. The first-order valence-electron chi connectivity index (χ1n) is 7.40. The molecule has 0 aliphatic heterocycles. The summed E-state index contributed by atoms with van der Waals surface area (Å²) < 4.78 is 5.96. The predicted octanol–water partition coefficient (Wildman–Crippen LogP) is 5.61. The standard InChI is InChI=1S/C17H15Cl2N3OS/c1-2-24-17-20-16(21-22-17)9-11-7-8-12(18)10-15(11)23-14-6-4-3-5-13(14)19/h3-8,10H,2,9H2,1H3,(H,20,21,22). The van der Waals surface area contributed by atoms with Crippen LogP contribution in [0.3, 0.4) is 0 Å². The van der Waals surface area contributed by atoms with Crippen molar-refractivity contribution in [3.63, 3.8) is 0 Å². The molecule has 124 valence electrons. The molecular weight excluding hydrogens is 365 g/mol. The Kier molecular flexibility index (Phi) is 5.66. The molecule has 0 radical (unpaired) electrons. The normalized spacial score (nSPS) is 10.8. The van der Waals surface area contributed by atoms with Crippen LogP contribution in [0.1, 0.15) is 18.3 Å². The molecule has 0 atom stereocenters. The van der Waals surface area contributed by atoms with E-state index in [0.717, 1.165) is 22.3 Å². The lowest BCUT2D eigenvalue weighted by Gasteiger charge is -2.12. The minimum atomic E-state index is 0.546. The molecule has 3 aromatic rings. The highest BCUT2D eigenvalue weighted by molar-refractivity contribution is 7.99. The van der Waals surface area contributed by atoms with Gasteiger partial charge in [-0.05, 0) is 30.0 Å². The molecule has 24 heavy (non-hydrogen) atoms. The summed E-state index contributed by atoms with van der Waals surface area (Å²) in [4.78, 5) is 4.47. The van der Waals surface area contributed by atoms with Crippen LogP contribution in [0.4, 0.5) is 0 Å². The zero-order valence-corrected chi connectivity index (χ0v) is 15.3. The number of para-hydroxylation sites is 1. The van der Waals surface area contributed by atoms with Crippen LogP contribution in [-0.4, -0.2) is 20.9 Å². The molecule has 0 spiro atoms. The second-order valence-corrected chi connectivity index (χ2v) is 7.03. The summed E-state index contributed by atoms with van der Waals surface area (Å²) in [5.74, 6) is 2.94. The molecule has 1 N–H and O–H groups in total. The van der Waals surface area contributed by atoms with Crippen molar-refractivity contribution < 1.29 is 4.74 Å². The molecule has 3 rings (SSSR count). The molecule has 1 heterocycles. The predicted molar refractivity (Wildman–Crippen MR) is 98.6 cm³/mol. The number of rotatable bonds is 6. The van der Waals surface area contributed by atoms with Gasteiger partial charge in [0.05, 0.1) is 5.02 Å². The first kappa shape index (κ1) is 17.1. The van der Waals surface area contributed by atoms with E-state index in [1.165, 1.54) is 0 Å². The van der Waals surface area contributed by atoms with Crippen molar-refractivity contribution in [3.8, 4) is 11.5 Å². The van der Waals surface area contributed by atoms with Crippen LogP contribution in [0.15, 0.2) is 47.6 Å². The van der Waals surface area contributed by atoms with Gasteiger partial charge >= 0.3 is 0 Å². The Morgan fingerprint density at radius 3 is 2.75 bits per heavy atom. The Morgan fingerprint density at radius 1 is 1.12 bits per heavy atom. The molecule has 0 unspecified atom stereocenters. The van der Waals surface area contributed by atoms with Crippen molar-refractivity contribution >= 4 is 35.0 Å². The number of thioether (sulfide) groups is 1. The van der Waals surface area contributed by atoms with Crippen LogP contribution in [-0.2, 0) is 6.42 Å². The minimum absolute atomic E-state index is 0.546. The van der Waals surface area contributed by atoms with Gasteiger partial charge in [-0.2, -0.15) is 0 Å². The van der Waals surface area contributed by atoms with Crippen LogP contribution in [0, 0.1) is 0 Å². The zero-order chi connectivity index (χ0) is 16.9. The van der Waals surface area contributed by atoms with E-state index in [0.29, 0.717) is 28.0 Å². The third-order valence-corrected chi connectivity index (χ3v) is 4.51. The Hall–Kier alpha value is -1.69. The number of nitrogens with zero attached hydrogens (tertiary/aromatic N) is 2. The largest absolute Gasteiger partial charge is 0.455 e. The number of aromatic nitrogens is 3. The Bertz CT molecular complexity index is 838. The first-order chi connectivity index (χ1) is 11.7. The summed E-state index contributed by atoms with van der Waals surface area (Å²) in [6.07, 6.45) is 0.564. The molecule has 0 fully saturated rings. The van der Waals surface area contributed by atoms with Crippen LogP contribution >= 0.6 is 35.0 Å². The third-order valence-electron chi connectivity index (χ3n) is 3.23. The van der Waals surface area contributed by atoms with E-state index in [-0.39, 0.29) is 0 Å². The van der Waals surface area contributed by atoms with Gasteiger partial charge in [0.25, 0.3) is 0 Å². The summed E-state index contributed by atoms with van der Waals surface area (Å²) in [5.41, 5.74) is 0.948. The van der Waals surface area contributed by atoms with E-state index in [1.807, 2.05) is 30.3 Å². The van der Waals surface area contributed by atoms with Gasteiger partial charge in [0.2, 0.25) is 5.16 Å². The number of nitrogens with one attached hydrogen (secondary N) is 1. The Balaban J connectivity index is 1.86. The van der Waals surface area contributed by atoms with Gasteiger partial charge in [0.1, 0.15) is 17.3 Å². The number of aromatic amines is 1. The van der Waals surface area contributed by atoms with Gasteiger partial charge in [-0.15, -0.1) is 5.10 Å². The van der Waals surface area contributed by atoms with E-state index >= 15 is 0 Å². The highest BCUT2D eigenvalue weighted by Crippen LogP contribution is 2.33. The fourth-order valence-electron chi connectivity index (χ4n) is 2.15. The van der Waals surface area contributed by atoms with Gasteiger partial charge in [0, 0.05) is 17.0 Å². The molecule has 0 aliphatic carbocycles. The summed E-state index contributed by atoms with van der Waals surface area (Å²) >= 11 is 13.9. The topological polar surface area (TPSA) is 50.8 Å². The smallest absolute Gasteiger partial charge is 0.208 e. The van der Waals surface area contributed by atoms with Crippen molar-refractivity contribution in [2.24, 2.45) is 0 Å². The van der Waals surface area contributed by atoms with E-state index in [2.05, 4.69) is 22.1 Å². The highest BCUT2D eigenvalue weighted by atomic mass is 35.5. The number of benzene rings is 2. The lowest BCUT2D eigenvalue weighted by molar-refractivity contribution is 0.477. The van der Waals surface area contributed by atoms with Crippen molar-refractivity contribution in [2.45, 2.75) is 18.5 Å². The Morgan fingerprint density at radius 2 is 1.96 bits per heavy atom. The number of hydrogen-bond acceptors (Lipinski definition) is 4. The number of H-pyrrole nitrogens is 1. The lowest BCUT2D eigenvalue weighted by Crippen LogP contribution is -1.96. The minimum Gasteiger partial charge on any atom is -0.455 e. The molecule has 4 nitrogen and oxygen atoms in total. The van der Waals surface area contributed by atoms with Crippen molar-refractivity contribution in [3.05, 3.63) is 63.9 Å². The van der Waals surface area contributed by atoms with Crippen LogP contribution in [0.25, 0.3) is 0 Å². The van der Waals surface area contributed by atoms with Crippen molar-refractivity contribution in [2.75, 3.05) is 5.75 Å². The van der Waals surface area contributed by atoms with Gasteiger partial charge in [0.15, 0.2) is 0 Å². The fourth-order valence-corrected chi connectivity index (χ4v) is 3.03.